The van der Waals surface area contributed by atoms with E-state index in [0.717, 1.165) is 39.1 Å². The van der Waals surface area contributed by atoms with E-state index in [2.05, 4.69) is 111 Å². The molecule has 1 aromatic heterocycles. The van der Waals surface area contributed by atoms with Gasteiger partial charge in [-0.15, -0.1) is 0 Å². The van der Waals surface area contributed by atoms with Crippen LogP contribution in [0.25, 0.3) is 54.6 Å². The third kappa shape index (κ3) is 4.04. The van der Waals surface area contributed by atoms with Crippen molar-refractivity contribution in [1.29, 1.82) is 0 Å². The second-order valence-electron chi connectivity index (χ2n) is 12.9. The number of rotatable bonds is 3. The van der Waals surface area contributed by atoms with Gasteiger partial charge < -0.3 is 14.6 Å². The molecule has 1 aliphatic rings. The fraction of sp³-hybridized carbons (Fsp3) is 0.116. The zero-order valence-electron chi connectivity index (χ0n) is 26.8. The summed E-state index contributed by atoms with van der Waals surface area (Å²) in [5.74, 6) is -0.279. The van der Waals surface area contributed by atoms with Gasteiger partial charge in [0.1, 0.15) is 23.1 Å². The first kappa shape index (κ1) is 27.7. The Bertz CT molecular complexity index is 2540. The van der Waals surface area contributed by atoms with E-state index in [0.29, 0.717) is 16.6 Å². The lowest BCUT2D eigenvalue weighted by atomic mass is 9.92. The summed E-state index contributed by atoms with van der Waals surface area (Å²) in [7, 11) is 0. The molecule has 4 heteroatoms. The Morgan fingerprint density at radius 2 is 1.28 bits per heavy atom. The number of hydrogen-bond donors (Lipinski definition) is 1. The van der Waals surface area contributed by atoms with Crippen molar-refractivity contribution in [2.45, 2.75) is 33.9 Å². The Morgan fingerprint density at radius 3 is 2.04 bits per heavy atom. The number of nitrogens with one attached hydrogen (secondary N) is 1. The van der Waals surface area contributed by atoms with Gasteiger partial charge in [0.2, 0.25) is 0 Å². The smallest absolute Gasteiger partial charge is 0.145 e. The van der Waals surface area contributed by atoms with Gasteiger partial charge in [0.25, 0.3) is 0 Å². The maximum Gasteiger partial charge on any atom is 0.145 e. The minimum absolute atomic E-state index is 0.279. The number of nitrogens with zero attached hydrogens (tertiary/aromatic N) is 1. The molecular weight excluding hydrogens is 579 g/mol. The highest BCUT2D eigenvalue weighted by Crippen LogP contribution is 2.52. The van der Waals surface area contributed by atoms with Crippen molar-refractivity contribution >= 4 is 60.5 Å². The highest BCUT2D eigenvalue weighted by atomic mass is 19.1. The fourth-order valence-corrected chi connectivity index (χ4v) is 7.86. The standard InChI is InChI=1S/C43H33FN2O/c1-24-20-29(28-12-6-5-7-13-28)21-25(2)41(24)46-38-23-34-27(4)26(3)30-14-8-9-15-31(30)35(34)22-37(38)45-43(46)33-18-19-36(44)40-32-16-10-11-17-39(32)47-42(33)40/h5-23,43,45H,1-4H3. The maximum atomic E-state index is 15.6. The first-order valence-electron chi connectivity index (χ1n) is 16.2. The third-order valence-electron chi connectivity index (χ3n) is 10.2. The Hall–Kier alpha value is -5.61. The monoisotopic (exact) mass is 612 g/mol. The summed E-state index contributed by atoms with van der Waals surface area (Å²) >= 11 is 0. The summed E-state index contributed by atoms with van der Waals surface area (Å²) in [5, 5.41) is 10.2. The SMILES string of the molecule is Cc1cc(-c2ccccc2)cc(C)c1N1c2cc3c(C)c(C)c4ccccc4c3cc2NC1c1ccc(F)c2c1oc1ccccc12. The molecule has 7 aromatic carbocycles. The predicted molar refractivity (Wildman–Crippen MR) is 194 cm³/mol. The number of aryl methyl sites for hydroxylation is 4. The van der Waals surface area contributed by atoms with Gasteiger partial charge in [-0.05, 0) is 125 Å². The van der Waals surface area contributed by atoms with Crippen LogP contribution in [0.4, 0.5) is 21.5 Å². The first-order chi connectivity index (χ1) is 22.9. The minimum Gasteiger partial charge on any atom is -0.456 e. The van der Waals surface area contributed by atoms with Crippen molar-refractivity contribution in [3.05, 3.63) is 149 Å². The average molecular weight is 613 g/mol. The number of halogens is 1. The molecule has 1 unspecified atom stereocenters. The van der Waals surface area contributed by atoms with Crippen molar-refractivity contribution in [3.63, 3.8) is 0 Å². The van der Waals surface area contributed by atoms with Crippen LogP contribution in [0.5, 0.6) is 0 Å². The van der Waals surface area contributed by atoms with Gasteiger partial charge in [0.05, 0.1) is 16.8 Å². The maximum absolute atomic E-state index is 15.6. The molecule has 9 rings (SSSR count). The summed E-state index contributed by atoms with van der Waals surface area (Å²) in [6.45, 7) is 8.82. The van der Waals surface area contributed by atoms with Crippen molar-refractivity contribution in [2.75, 3.05) is 10.2 Å². The Morgan fingerprint density at radius 1 is 0.617 bits per heavy atom. The molecule has 0 bridgehead atoms. The van der Waals surface area contributed by atoms with E-state index in [1.807, 2.05) is 36.4 Å². The zero-order valence-corrected chi connectivity index (χ0v) is 26.8. The number of anilines is 3. The van der Waals surface area contributed by atoms with Crippen molar-refractivity contribution in [2.24, 2.45) is 0 Å². The Balaban J connectivity index is 1.33. The van der Waals surface area contributed by atoms with Gasteiger partial charge >= 0.3 is 0 Å². The lowest BCUT2D eigenvalue weighted by Gasteiger charge is -2.31. The third-order valence-corrected chi connectivity index (χ3v) is 10.2. The molecule has 0 saturated carbocycles. The van der Waals surface area contributed by atoms with Gasteiger partial charge in [-0.2, -0.15) is 0 Å². The van der Waals surface area contributed by atoms with E-state index >= 15 is 4.39 Å². The van der Waals surface area contributed by atoms with Gasteiger partial charge in [-0.3, -0.25) is 0 Å². The van der Waals surface area contributed by atoms with Crippen molar-refractivity contribution in [3.8, 4) is 11.1 Å². The normalized spacial score (nSPS) is 14.4. The lowest BCUT2D eigenvalue weighted by Crippen LogP contribution is -2.25. The quantitative estimate of drug-likeness (QED) is 0.201. The summed E-state index contributed by atoms with van der Waals surface area (Å²) in [6.07, 6.45) is -0.335. The first-order valence-corrected chi connectivity index (χ1v) is 16.2. The molecule has 0 saturated heterocycles. The van der Waals surface area contributed by atoms with Crippen molar-refractivity contribution in [1.82, 2.24) is 0 Å². The molecule has 8 aromatic rings. The van der Waals surface area contributed by atoms with Gasteiger partial charge in [0, 0.05) is 16.6 Å². The molecule has 0 amide bonds. The second kappa shape index (κ2) is 10.2. The van der Waals surface area contributed by atoms with Crippen LogP contribution in [-0.4, -0.2) is 0 Å². The number of furan rings is 1. The van der Waals surface area contributed by atoms with E-state index in [9.17, 15) is 0 Å². The molecule has 1 N–H and O–H groups in total. The number of benzene rings is 7. The summed E-state index contributed by atoms with van der Waals surface area (Å²) in [4.78, 5) is 2.40. The molecule has 0 fully saturated rings. The molecule has 1 atom stereocenters. The number of fused-ring (bicyclic) bond motifs is 7. The topological polar surface area (TPSA) is 28.4 Å². The average Bonchev–Trinajstić information content (AvgIpc) is 3.66. The van der Waals surface area contributed by atoms with Crippen LogP contribution in [0.2, 0.25) is 0 Å². The van der Waals surface area contributed by atoms with Crippen LogP contribution in [0.3, 0.4) is 0 Å². The molecule has 228 valence electrons. The van der Waals surface area contributed by atoms with E-state index in [1.54, 1.807) is 6.07 Å². The minimum atomic E-state index is -0.335. The van der Waals surface area contributed by atoms with Gasteiger partial charge in [-0.25, -0.2) is 4.39 Å². The van der Waals surface area contributed by atoms with Crippen molar-refractivity contribution < 1.29 is 8.81 Å². The highest BCUT2D eigenvalue weighted by molar-refractivity contribution is 6.14. The molecule has 3 nitrogen and oxygen atoms in total. The number of para-hydroxylation sites is 1. The van der Waals surface area contributed by atoms with E-state index in [-0.39, 0.29) is 12.0 Å². The summed E-state index contributed by atoms with van der Waals surface area (Å²) in [5.41, 5.74) is 12.7. The Labute approximate surface area is 272 Å². The van der Waals surface area contributed by atoms with E-state index in [1.165, 1.54) is 43.8 Å². The molecular formula is C43H33FN2O. The van der Waals surface area contributed by atoms with Crippen LogP contribution < -0.4 is 10.2 Å². The highest BCUT2D eigenvalue weighted by Gasteiger charge is 2.36. The summed E-state index contributed by atoms with van der Waals surface area (Å²) < 4.78 is 22.0. The summed E-state index contributed by atoms with van der Waals surface area (Å²) in [6, 6.07) is 39.5. The van der Waals surface area contributed by atoms with Gasteiger partial charge in [0.15, 0.2) is 0 Å². The zero-order chi connectivity index (χ0) is 32.0. The lowest BCUT2D eigenvalue weighted by molar-refractivity contribution is 0.628. The molecule has 0 aliphatic carbocycles. The second-order valence-corrected chi connectivity index (χ2v) is 12.9. The largest absolute Gasteiger partial charge is 0.456 e. The fourth-order valence-electron chi connectivity index (χ4n) is 7.86. The molecule has 2 heterocycles. The van der Waals surface area contributed by atoms with Crippen LogP contribution in [0.1, 0.15) is 34.0 Å². The molecule has 47 heavy (non-hydrogen) atoms. The van der Waals surface area contributed by atoms with Gasteiger partial charge in [-0.1, -0.05) is 72.8 Å². The molecule has 1 aliphatic heterocycles. The van der Waals surface area contributed by atoms with Crippen LogP contribution in [0.15, 0.2) is 120 Å². The molecule has 0 radical (unpaired) electrons. The van der Waals surface area contributed by atoms with Crippen LogP contribution >= 0.6 is 0 Å². The number of hydrogen-bond acceptors (Lipinski definition) is 3. The van der Waals surface area contributed by atoms with E-state index < -0.39 is 0 Å². The van der Waals surface area contributed by atoms with Crippen LogP contribution in [0, 0.1) is 33.5 Å². The van der Waals surface area contributed by atoms with Crippen LogP contribution in [-0.2, 0) is 0 Å². The van der Waals surface area contributed by atoms with E-state index in [4.69, 9.17) is 4.42 Å². The predicted octanol–water partition coefficient (Wildman–Crippen LogP) is 12.2. The Kier molecular flexibility index (Phi) is 6.01. The molecule has 0 spiro atoms.